The normalized spacial score (nSPS) is 9.73. The molecule has 0 aliphatic carbocycles. The maximum Gasteiger partial charge on any atom is 0.148 e. The molecule has 1 rings (SSSR count). The molecule has 0 radical (unpaired) electrons. The zero-order chi connectivity index (χ0) is 8.43. The van der Waals surface area contributed by atoms with Crippen LogP contribution in [0.2, 0.25) is 0 Å². The number of nitrogens with two attached hydrogens (primary N) is 1. The molecule has 0 saturated carbocycles. The van der Waals surface area contributed by atoms with Crippen LogP contribution in [-0.4, -0.2) is 7.05 Å². The van der Waals surface area contributed by atoms with Gasteiger partial charge in [-0.05, 0) is 28.1 Å². The minimum absolute atomic E-state index is 0.141. The molecule has 0 saturated heterocycles. The van der Waals surface area contributed by atoms with Crippen LogP contribution in [0.3, 0.4) is 0 Å². The number of benzene rings is 1. The quantitative estimate of drug-likeness (QED) is 0.710. The smallest absolute Gasteiger partial charge is 0.148 e. The van der Waals surface area contributed by atoms with Crippen molar-refractivity contribution in [1.29, 1.82) is 0 Å². The number of hydrogen-bond donors (Lipinski definition) is 2. The lowest BCUT2D eigenvalue weighted by Crippen LogP contribution is -1.99. The second-order valence-electron chi connectivity index (χ2n) is 2.07. The van der Waals surface area contributed by atoms with E-state index in [9.17, 15) is 4.39 Å². The number of nitrogens with one attached hydrogen (secondary N) is 1. The van der Waals surface area contributed by atoms with E-state index >= 15 is 0 Å². The summed E-state index contributed by atoms with van der Waals surface area (Å²) >= 11 is 3.23. The maximum absolute atomic E-state index is 12.8. The lowest BCUT2D eigenvalue weighted by atomic mass is 10.2. The van der Waals surface area contributed by atoms with E-state index in [0.717, 1.165) is 4.47 Å². The van der Waals surface area contributed by atoms with Crippen molar-refractivity contribution >= 4 is 27.3 Å². The molecule has 2 nitrogen and oxygen atoms in total. The Kier molecular flexibility index (Phi) is 2.34. The van der Waals surface area contributed by atoms with Crippen molar-refractivity contribution in [3.63, 3.8) is 0 Å². The SMILES string of the molecule is CNc1c(Br)ccc(F)c1N. The third kappa shape index (κ3) is 1.45. The fourth-order valence-electron chi connectivity index (χ4n) is 0.822. The molecule has 0 amide bonds. The third-order valence-electron chi connectivity index (χ3n) is 1.39. The molecule has 0 aliphatic heterocycles. The highest BCUT2D eigenvalue weighted by Crippen LogP contribution is 2.29. The Balaban J connectivity index is 3.29. The first-order valence-electron chi connectivity index (χ1n) is 3.08. The lowest BCUT2D eigenvalue weighted by Gasteiger charge is -2.07. The van der Waals surface area contributed by atoms with Gasteiger partial charge < -0.3 is 11.1 Å². The van der Waals surface area contributed by atoms with Gasteiger partial charge in [0.05, 0.1) is 11.4 Å². The van der Waals surface area contributed by atoms with Crippen LogP contribution in [-0.2, 0) is 0 Å². The van der Waals surface area contributed by atoms with E-state index in [0.29, 0.717) is 5.69 Å². The average molecular weight is 219 g/mol. The summed E-state index contributed by atoms with van der Waals surface area (Å²) in [6.45, 7) is 0. The number of rotatable bonds is 1. The molecule has 0 aromatic heterocycles. The minimum atomic E-state index is -0.405. The molecule has 1 aromatic rings. The number of halogens is 2. The Hall–Kier alpha value is -0.770. The van der Waals surface area contributed by atoms with E-state index < -0.39 is 5.82 Å². The Labute approximate surface area is 72.7 Å². The van der Waals surface area contributed by atoms with E-state index in [4.69, 9.17) is 5.73 Å². The summed E-state index contributed by atoms with van der Waals surface area (Å²) < 4.78 is 13.5. The standard InChI is InChI=1S/C7H8BrFN2/c1-11-7-4(8)2-3-5(9)6(7)10/h2-3,11H,10H2,1H3. The van der Waals surface area contributed by atoms with Crippen molar-refractivity contribution in [2.75, 3.05) is 18.1 Å². The van der Waals surface area contributed by atoms with Crippen molar-refractivity contribution < 1.29 is 4.39 Å². The Bertz CT molecular complexity index is 275. The van der Waals surface area contributed by atoms with Gasteiger partial charge in [0.2, 0.25) is 0 Å². The van der Waals surface area contributed by atoms with Gasteiger partial charge >= 0.3 is 0 Å². The van der Waals surface area contributed by atoms with Crippen LogP contribution in [0.15, 0.2) is 16.6 Å². The highest BCUT2D eigenvalue weighted by molar-refractivity contribution is 9.10. The fraction of sp³-hybridized carbons (Fsp3) is 0.143. The summed E-state index contributed by atoms with van der Waals surface area (Å²) in [5.74, 6) is -0.405. The third-order valence-corrected chi connectivity index (χ3v) is 2.05. The topological polar surface area (TPSA) is 38.0 Å². The second-order valence-corrected chi connectivity index (χ2v) is 2.92. The van der Waals surface area contributed by atoms with Gasteiger partial charge in [-0.1, -0.05) is 0 Å². The maximum atomic E-state index is 12.8. The largest absolute Gasteiger partial charge is 0.395 e. The molecule has 0 bridgehead atoms. The van der Waals surface area contributed by atoms with Gasteiger partial charge in [-0.25, -0.2) is 4.39 Å². The molecular formula is C7H8BrFN2. The van der Waals surface area contributed by atoms with Crippen LogP contribution in [0.1, 0.15) is 0 Å². The summed E-state index contributed by atoms with van der Waals surface area (Å²) in [4.78, 5) is 0. The fourth-order valence-corrected chi connectivity index (χ4v) is 1.37. The molecule has 1 aromatic carbocycles. The number of nitrogen functional groups attached to an aromatic ring is 1. The molecule has 3 N–H and O–H groups in total. The average Bonchev–Trinajstić information content (AvgIpc) is 1.99. The molecule has 60 valence electrons. The van der Waals surface area contributed by atoms with E-state index in [2.05, 4.69) is 21.2 Å². The zero-order valence-electron chi connectivity index (χ0n) is 5.99. The molecule has 4 heteroatoms. The van der Waals surface area contributed by atoms with Crippen LogP contribution in [0.4, 0.5) is 15.8 Å². The number of anilines is 2. The summed E-state index contributed by atoms with van der Waals surface area (Å²) in [6, 6.07) is 2.93. The summed E-state index contributed by atoms with van der Waals surface area (Å²) in [7, 11) is 1.69. The Morgan fingerprint density at radius 2 is 2.18 bits per heavy atom. The molecule has 11 heavy (non-hydrogen) atoms. The van der Waals surface area contributed by atoms with Gasteiger partial charge in [0, 0.05) is 11.5 Å². The zero-order valence-corrected chi connectivity index (χ0v) is 7.57. The van der Waals surface area contributed by atoms with Crippen molar-refractivity contribution in [1.82, 2.24) is 0 Å². The van der Waals surface area contributed by atoms with Gasteiger partial charge in [0.1, 0.15) is 5.82 Å². The van der Waals surface area contributed by atoms with E-state index in [1.807, 2.05) is 0 Å². The predicted octanol–water partition coefficient (Wildman–Crippen LogP) is 2.21. The van der Waals surface area contributed by atoms with Crippen molar-refractivity contribution in [3.8, 4) is 0 Å². The molecule has 0 fully saturated rings. The first kappa shape index (κ1) is 8.33. The van der Waals surface area contributed by atoms with E-state index in [1.54, 1.807) is 13.1 Å². The monoisotopic (exact) mass is 218 g/mol. The van der Waals surface area contributed by atoms with Gasteiger partial charge in [-0.15, -0.1) is 0 Å². The van der Waals surface area contributed by atoms with Crippen LogP contribution < -0.4 is 11.1 Å². The van der Waals surface area contributed by atoms with Crippen LogP contribution >= 0.6 is 15.9 Å². The van der Waals surface area contributed by atoms with Gasteiger partial charge in [0.15, 0.2) is 0 Å². The van der Waals surface area contributed by atoms with E-state index in [-0.39, 0.29) is 5.69 Å². The number of hydrogen-bond acceptors (Lipinski definition) is 2. The molecule has 0 aliphatic rings. The predicted molar refractivity (Wildman–Crippen MR) is 48.1 cm³/mol. The summed E-state index contributed by atoms with van der Waals surface area (Å²) in [6.07, 6.45) is 0. The summed E-state index contributed by atoms with van der Waals surface area (Å²) in [5, 5.41) is 2.79. The Morgan fingerprint density at radius 1 is 1.55 bits per heavy atom. The first-order chi connectivity index (χ1) is 5.16. The second kappa shape index (κ2) is 3.09. The molecule has 0 spiro atoms. The molecule has 0 heterocycles. The van der Waals surface area contributed by atoms with Crippen LogP contribution in [0, 0.1) is 5.82 Å². The Morgan fingerprint density at radius 3 is 2.64 bits per heavy atom. The van der Waals surface area contributed by atoms with Crippen molar-refractivity contribution in [2.45, 2.75) is 0 Å². The van der Waals surface area contributed by atoms with Crippen LogP contribution in [0.5, 0.6) is 0 Å². The first-order valence-corrected chi connectivity index (χ1v) is 3.87. The van der Waals surface area contributed by atoms with E-state index in [1.165, 1.54) is 6.07 Å². The van der Waals surface area contributed by atoms with Gasteiger partial charge in [-0.3, -0.25) is 0 Å². The molecule has 0 atom stereocenters. The lowest BCUT2D eigenvalue weighted by molar-refractivity contribution is 0.632. The van der Waals surface area contributed by atoms with Crippen LogP contribution in [0.25, 0.3) is 0 Å². The highest BCUT2D eigenvalue weighted by Gasteiger charge is 2.06. The minimum Gasteiger partial charge on any atom is -0.395 e. The summed E-state index contributed by atoms with van der Waals surface area (Å²) in [5.41, 5.74) is 6.16. The van der Waals surface area contributed by atoms with Crippen molar-refractivity contribution in [3.05, 3.63) is 22.4 Å². The van der Waals surface area contributed by atoms with Gasteiger partial charge in [-0.2, -0.15) is 0 Å². The van der Waals surface area contributed by atoms with Gasteiger partial charge in [0.25, 0.3) is 0 Å². The molecule has 0 unspecified atom stereocenters. The highest BCUT2D eigenvalue weighted by atomic mass is 79.9. The van der Waals surface area contributed by atoms with Crippen molar-refractivity contribution in [2.24, 2.45) is 0 Å². The molecular weight excluding hydrogens is 211 g/mol.